The van der Waals surface area contributed by atoms with Gasteiger partial charge >= 0.3 is 5.82 Å². The smallest absolute Gasteiger partial charge is 0.363 e. The molecule has 1 aromatic carbocycles. The van der Waals surface area contributed by atoms with Crippen molar-refractivity contribution in [2.45, 2.75) is 18.9 Å². The van der Waals surface area contributed by atoms with Crippen molar-refractivity contribution in [2.75, 3.05) is 5.32 Å². The van der Waals surface area contributed by atoms with Crippen molar-refractivity contribution in [1.29, 1.82) is 0 Å². The van der Waals surface area contributed by atoms with Crippen LogP contribution in [0.25, 0.3) is 0 Å². The summed E-state index contributed by atoms with van der Waals surface area (Å²) in [6.07, 6.45) is 3.47. The zero-order valence-corrected chi connectivity index (χ0v) is 10.2. The van der Waals surface area contributed by atoms with Gasteiger partial charge in [-0.05, 0) is 39.9 Å². The van der Waals surface area contributed by atoms with Crippen LogP contribution < -0.4 is 5.32 Å². The van der Waals surface area contributed by atoms with Crippen molar-refractivity contribution in [3.8, 4) is 0 Å². The van der Waals surface area contributed by atoms with Gasteiger partial charge in [-0.3, -0.25) is 0 Å². The van der Waals surface area contributed by atoms with Crippen LogP contribution >= 0.6 is 0 Å². The van der Waals surface area contributed by atoms with Crippen molar-refractivity contribution in [1.82, 2.24) is 4.98 Å². The van der Waals surface area contributed by atoms with Gasteiger partial charge in [0.05, 0.1) is 5.69 Å². The fraction of sp³-hybridized carbons (Fsp3) is 0.214. The molecule has 0 atom stereocenters. The highest BCUT2D eigenvalue weighted by atomic mass is 16.6. The molecular formula is C14H13N3O2. The van der Waals surface area contributed by atoms with E-state index in [9.17, 15) is 10.1 Å². The SMILES string of the molecule is O=[N+]([O-])c1ccc(NC2Cc3ccccc3C2)cn1. The van der Waals surface area contributed by atoms with Gasteiger partial charge in [-0.25, -0.2) is 0 Å². The summed E-state index contributed by atoms with van der Waals surface area (Å²) >= 11 is 0. The van der Waals surface area contributed by atoms with Crippen LogP contribution in [0.3, 0.4) is 0 Å². The first-order chi connectivity index (χ1) is 9.22. The number of nitrogens with one attached hydrogen (secondary N) is 1. The van der Waals surface area contributed by atoms with Crippen LogP contribution in [0.15, 0.2) is 42.6 Å². The summed E-state index contributed by atoms with van der Waals surface area (Å²) in [6.45, 7) is 0. The Kier molecular flexibility index (Phi) is 2.87. The zero-order chi connectivity index (χ0) is 13.2. The molecular weight excluding hydrogens is 242 g/mol. The molecule has 0 fully saturated rings. The maximum absolute atomic E-state index is 10.5. The largest absolute Gasteiger partial charge is 0.379 e. The third kappa shape index (κ3) is 2.40. The minimum absolute atomic E-state index is 0.125. The van der Waals surface area contributed by atoms with Crippen molar-refractivity contribution in [3.63, 3.8) is 0 Å². The normalized spacial score (nSPS) is 14.1. The third-order valence-corrected chi connectivity index (χ3v) is 3.36. The molecule has 0 saturated heterocycles. The van der Waals surface area contributed by atoms with Gasteiger partial charge < -0.3 is 15.4 Å². The molecule has 1 aliphatic carbocycles. The van der Waals surface area contributed by atoms with Crippen LogP contribution in [-0.2, 0) is 12.8 Å². The molecule has 0 spiro atoms. The number of nitrogens with zero attached hydrogens (tertiary/aromatic N) is 2. The van der Waals surface area contributed by atoms with E-state index in [0.717, 1.165) is 18.5 Å². The van der Waals surface area contributed by atoms with Crippen molar-refractivity contribution >= 4 is 11.5 Å². The van der Waals surface area contributed by atoms with E-state index < -0.39 is 4.92 Å². The Bertz CT molecular complexity index is 585. The van der Waals surface area contributed by atoms with Crippen LogP contribution in [-0.4, -0.2) is 15.9 Å². The molecule has 5 heteroatoms. The number of hydrogen-bond donors (Lipinski definition) is 1. The van der Waals surface area contributed by atoms with Gasteiger partial charge in [0.2, 0.25) is 0 Å². The van der Waals surface area contributed by atoms with E-state index in [2.05, 4.69) is 34.6 Å². The lowest BCUT2D eigenvalue weighted by molar-refractivity contribution is -0.389. The highest BCUT2D eigenvalue weighted by Crippen LogP contribution is 2.24. The molecule has 0 bridgehead atoms. The van der Waals surface area contributed by atoms with Gasteiger partial charge in [0.1, 0.15) is 0 Å². The topological polar surface area (TPSA) is 68.1 Å². The Morgan fingerprint density at radius 1 is 1.16 bits per heavy atom. The molecule has 1 aromatic heterocycles. The number of fused-ring (bicyclic) bond motifs is 1. The van der Waals surface area contributed by atoms with E-state index >= 15 is 0 Å². The number of hydrogen-bond acceptors (Lipinski definition) is 4. The summed E-state index contributed by atoms with van der Waals surface area (Å²) in [4.78, 5) is 13.8. The van der Waals surface area contributed by atoms with Crippen molar-refractivity contribution < 1.29 is 4.92 Å². The van der Waals surface area contributed by atoms with Crippen LogP contribution in [0.2, 0.25) is 0 Å². The highest BCUT2D eigenvalue weighted by Gasteiger charge is 2.21. The number of rotatable bonds is 3. The third-order valence-electron chi connectivity index (χ3n) is 3.36. The second-order valence-electron chi connectivity index (χ2n) is 4.68. The fourth-order valence-corrected chi connectivity index (χ4v) is 2.48. The maximum Gasteiger partial charge on any atom is 0.363 e. The van der Waals surface area contributed by atoms with E-state index in [1.54, 1.807) is 6.07 Å². The lowest BCUT2D eigenvalue weighted by Gasteiger charge is -2.11. The first kappa shape index (κ1) is 11.6. The first-order valence-electron chi connectivity index (χ1n) is 6.16. The number of anilines is 1. The van der Waals surface area contributed by atoms with E-state index in [1.807, 2.05) is 0 Å². The molecule has 1 N–H and O–H groups in total. The minimum Gasteiger partial charge on any atom is -0.379 e. The molecule has 0 unspecified atom stereocenters. The summed E-state index contributed by atoms with van der Waals surface area (Å²) in [5, 5.41) is 13.9. The highest BCUT2D eigenvalue weighted by molar-refractivity contribution is 5.46. The van der Waals surface area contributed by atoms with Gasteiger partial charge in [-0.1, -0.05) is 24.3 Å². The van der Waals surface area contributed by atoms with Gasteiger partial charge in [0.15, 0.2) is 6.20 Å². The number of pyridine rings is 1. The average Bonchev–Trinajstić information content (AvgIpc) is 2.81. The number of nitro groups is 1. The predicted molar refractivity (Wildman–Crippen MR) is 72.2 cm³/mol. The average molecular weight is 255 g/mol. The summed E-state index contributed by atoms with van der Waals surface area (Å²) in [7, 11) is 0. The van der Waals surface area contributed by atoms with Gasteiger partial charge in [0.25, 0.3) is 0 Å². The molecule has 3 rings (SSSR count). The fourth-order valence-electron chi connectivity index (χ4n) is 2.48. The van der Waals surface area contributed by atoms with Crippen LogP contribution in [0.4, 0.5) is 11.5 Å². The molecule has 5 nitrogen and oxygen atoms in total. The van der Waals surface area contributed by atoms with E-state index in [0.29, 0.717) is 6.04 Å². The Balaban J connectivity index is 1.69. The molecule has 0 saturated carbocycles. The molecule has 0 radical (unpaired) electrons. The minimum atomic E-state index is -0.491. The second kappa shape index (κ2) is 4.68. The second-order valence-corrected chi connectivity index (χ2v) is 4.68. The van der Waals surface area contributed by atoms with E-state index in [-0.39, 0.29) is 5.82 Å². The molecule has 1 aliphatic rings. The summed E-state index contributed by atoms with van der Waals surface area (Å²) in [6, 6.07) is 11.8. The first-order valence-corrected chi connectivity index (χ1v) is 6.16. The monoisotopic (exact) mass is 255 g/mol. The Morgan fingerprint density at radius 2 is 1.84 bits per heavy atom. The Labute approximate surface area is 110 Å². The van der Waals surface area contributed by atoms with Gasteiger partial charge in [-0.2, -0.15) is 0 Å². The quantitative estimate of drug-likeness (QED) is 0.676. The lowest BCUT2D eigenvalue weighted by atomic mass is 10.1. The van der Waals surface area contributed by atoms with Gasteiger partial charge in [-0.15, -0.1) is 0 Å². The van der Waals surface area contributed by atoms with Crippen LogP contribution in [0.1, 0.15) is 11.1 Å². The van der Waals surface area contributed by atoms with E-state index in [1.165, 1.54) is 23.4 Å². The number of benzene rings is 1. The van der Waals surface area contributed by atoms with Crippen LogP contribution in [0, 0.1) is 10.1 Å². The van der Waals surface area contributed by atoms with Gasteiger partial charge in [0, 0.05) is 12.1 Å². The molecule has 1 heterocycles. The zero-order valence-electron chi connectivity index (χ0n) is 10.2. The lowest BCUT2D eigenvalue weighted by Crippen LogP contribution is -2.19. The standard InChI is InChI=1S/C14H13N3O2/c18-17(19)14-6-5-12(9-15-14)16-13-7-10-3-1-2-4-11(10)8-13/h1-6,9,13,16H,7-8H2. The summed E-state index contributed by atoms with van der Waals surface area (Å²) in [5.41, 5.74) is 3.56. The molecule has 96 valence electrons. The molecule has 2 aromatic rings. The van der Waals surface area contributed by atoms with Crippen LogP contribution in [0.5, 0.6) is 0 Å². The Hall–Kier alpha value is -2.43. The molecule has 19 heavy (non-hydrogen) atoms. The summed E-state index contributed by atoms with van der Waals surface area (Å²) < 4.78 is 0. The number of aromatic nitrogens is 1. The Morgan fingerprint density at radius 3 is 2.37 bits per heavy atom. The summed E-state index contributed by atoms with van der Waals surface area (Å²) in [5.74, 6) is -0.125. The van der Waals surface area contributed by atoms with Crippen molar-refractivity contribution in [3.05, 3.63) is 63.8 Å². The van der Waals surface area contributed by atoms with Crippen molar-refractivity contribution in [2.24, 2.45) is 0 Å². The predicted octanol–water partition coefficient (Wildman–Crippen LogP) is 2.57. The maximum atomic E-state index is 10.5. The molecule has 0 amide bonds. The van der Waals surface area contributed by atoms with E-state index in [4.69, 9.17) is 0 Å². The molecule has 0 aliphatic heterocycles.